The zero-order chi connectivity index (χ0) is 9.72. The lowest BCUT2D eigenvalue weighted by Crippen LogP contribution is -2.31. The fraction of sp³-hybridized carbons (Fsp3) is 1.00. The maximum Gasteiger partial charge on any atom is 0.00356 e. The van der Waals surface area contributed by atoms with Crippen molar-refractivity contribution >= 4 is 0 Å². The molecule has 0 spiro atoms. The smallest absolute Gasteiger partial charge is 0.00356 e. The molecule has 74 valence electrons. The van der Waals surface area contributed by atoms with Crippen molar-refractivity contribution < 1.29 is 0 Å². The summed E-state index contributed by atoms with van der Waals surface area (Å²) in [5.41, 5.74) is 0. The summed E-state index contributed by atoms with van der Waals surface area (Å²) in [6.07, 6.45) is 1.34. The van der Waals surface area contributed by atoms with E-state index in [9.17, 15) is 0 Å². The van der Waals surface area contributed by atoms with Crippen LogP contribution in [0, 0.1) is 11.8 Å². The van der Waals surface area contributed by atoms with Gasteiger partial charge in [-0.05, 0) is 39.2 Å². The standard InChI is InChI=1S/C11H25N/c1-9(2)7-11(5)8-12(6)10(3)4/h9-11H,7-8H2,1-6H3. The Morgan fingerprint density at radius 1 is 1.00 bits per heavy atom. The first kappa shape index (κ1) is 12.0. The van der Waals surface area contributed by atoms with Gasteiger partial charge in [-0.25, -0.2) is 0 Å². The first-order chi connectivity index (χ1) is 5.43. The highest BCUT2D eigenvalue weighted by Gasteiger charge is 2.09. The first-order valence-electron chi connectivity index (χ1n) is 5.13. The summed E-state index contributed by atoms with van der Waals surface area (Å²) >= 11 is 0. The molecule has 0 amide bonds. The van der Waals surface area contributed by atoms with Gasteiger partial charge in [0, 0.05) is 12.6 Å². The molecule has 0 aromatic carbocycles. The molecule has 1 atom stereocenters. The summed E-state index contributed by atoms with van der Waals surface area (Å²) in [5.74, 6) is 1.66. The summed E-state index contributed by atoms with van der Waals surface area (Å²) in [5, 5.41) is 0. The summed E-state index contributed by atoms with van der Waals surface area (Å²) in [6.45, 7) is 12.7. The quantitative estimate of drug-likeness (QED) is 0.614. The van der Waals surface area contributed by atoms with Crippen LogP contribution in [0.2, 0.25) is 0 Å². The molecule has 0 radical (unpaired) electrons. The fourth-order valence-electron chi connectivity index (χ4n) is 1.58. The van der Waals surface area contributed by atoms with E-state index in [2.05, 4.69) is 46.6 Å². The summed E-state index contributed by atoms with van der Waals surface area (Å²) < 4.78 is 0. The van der Waals surface area contributed by atoms with Gasteiger partial charge in [0.15, 0.2) is 0 Å². The lowest BCUT2D eigenvalue weighted by atomic mass is 9.98. The maximum absolute atomic E-state index is 2.42. The zero-order valence-electron chi connectivity index (χ0n) is 9.59. The normalized spacial score (nSPS) is 14.8. The summed E-state index contributed by atoms with van der Waals surface area (Å²) in [4.78, 5) is 2.42. The summed E-state index contributed by atoms with van der Waals surface area (Å²) in [7, 11) is 2.21. The molecule has 12 heavy (non-hydrogen) atoms. The Bertz CT molecular complexity index is 108. The molecule has 0 N–H and O–H groups in total. The third kappa shape index (κ3) is 5.59. The largest absolute Gasteiger partial charge is 0.304 e. The predicted octanol–water partition coefficient (Wildman–Crippen LogP) is 3.01. The second kappa shape index (κ2) is 5.58. The second-order valence-corrected chi connectivity index (χ2v) is 4.77. The topological polar surface area (TPSA) is 3.24 Å². The molecule has 0 aliphatic carbocycles. The SMILES string of the molecule is CC(C)CC(C)CN(C)C(C)C. The van der Waals surface area contributed by atoms with Gasteiger partial charge < -0.3 is 4.90 Å². The van der Waals surface area contributed by atoms with Gasteiger partial charge in [-0.15, -0.1) is 0 Å². The van der Waals surface area contributed by atoms with Crippen LogP contribution in [0.4, 0.5) is 0 Å². The summed E-state index contributed by atoms with van der Waals surface area (Å²) in [6, 6.07) is 0.680. The van der Waals surface area contributed by atoms with Gasteiger partial charge in [0.25, 0.3) is 0 Å². The Labute approximate surface area is 78.1 Å². The van der Waals surface area contributed by atoms with E-state index in [-0.39, 0.29) is 0 Å². The van der Waals surface area contributed by atoms with Crippen molar-refractivity contribution in [1.82, 2.24) is 4.90 Å². The van der Waals surface area contributed by atoms with Crippen LogP contribution in [0.3, 0.4) is 0 Å². The van der Waals surface area contributed by atoms with Crippen molar-refractivity contribution in [3.05, 3.63) is 0 Å². The Morgan fingerprint density at radius 3 is 1.83 bits per heavy atom. The predicted molar refractivity (Wildman–Crippen MR) is 56.4 cm³/mol. The highest BCUT2D eigenvalue weighted by Crippen LogP contribution is 2.12. The van der Waals surface area contributed by atoms with E-state index in [0.717, 1.165) is 11.8 Å². The van der Waals surface area contributed by atoms with Crippen LogP contribution in [0.1, 0.15) is 41.0 Å². The van der Waals surface area contributed by atoms with Crippen molar-refractivity contribution in [3.63, 3.8) is 0 Å². The number of rotatable bonds is 5. The van der Waals surface area contributed by atoms with Crippen LogP contribution in [0.5, 0.6) is 0 Å². The Hall–Kier alpha value is -0.0400. The minimum absolute atomic E-state index is 0.680. The third-order valence-electron chi connectivity index (χ3n) is 2.35. The average molecular weight is 171 g/mol. The highest BCUT2D eigenvalue weighted by atomic mass is 15.1. The van der Waals surface area contributed by atoms with E-state index in [1.54, 1.807) is 0 Å². The van der Waals surface area contributed by atoms with Crippen LogP contribution in [0.25, 0.3) is 0 Å². The fourth-order valence-corrected chi connectivity index (χ4v) is 1.58. The van der Waals surface area contributed by atoms with Gasteiger partial charge in [0.2, 0.25) is 0 Å². The van der Waals surface area contributed by atoms with Crippen LogP contribution >= 0.6 is 0 Å². The Kier molecular flexibility index (Phi) is 5.56. The molecule has 0 aromatic heterocycles. The van der Waals surface area contributed by atoms with Gasteiger partial charge in [0.1, 0.15) is 0 Å². The zero-order valence-corrected chi connectivity index (χ0v) is 9.59. The van der Waals surface area contributed by atoms with E-state index in [0.29, 0.717) is 6.04 Å². The monoisotopic (exact) mass is 171 g/mol. The minimum Gasteiger partial charge on any atom is -0.304 e. The molecule has 0 aliphatic heterocycles. The molecule has 0 saturated heterocycles. The molecule has 0 bridgehead atoms. The van der Waals surface area contributed by atoms with Gasteiger partial charge in [-0.1, -0.05) is 20.8 Å². The van der Waals surface area contributed by atoms with Gasteiger partial charge in [-0.2, -0.15) is 0 Å². The number of hydrogen-bond donors (Lipinski definition) is 0. The molecule has 0 fully saturated rings. The first-order valence-corrected chi connectivity index (χ1v) is 5.13. The van der Waals surface area contributed by atoms with Crippen molar-refractivity contribution in [3.8, 4) is 0 Å². The highest BCUT2D eigenvalue weighted by molar-refractivity contribution is 4.63. The molecule has 1 heteroatoms. The molecule has 0 heterocycles. The lowest BCUT2D eigenvalue weighted by molar-refractivity contribution is 0.223. The second-order valence-electron chi connectivity index (χ2n) is 4.77. The van der Waals surface area contributed by atoms with E-state index >= 15 is 0 Å². The number of nitrogens with zero attached hydrogens (tertiary/aromatic N) is 1. The molecular formula is C11H25N. The lowest BCUT2D eigenvalue weighted by Gasteiger charge is -2.25. The molecule has 0 aromatic rings. The van der Waals surface area contributed by atoms with Crippen LogP contribution < -0.4 is 0 Å². The van der Waals surface area contributed by atoms with Gasteiger partial charge in [0.05, 0.1) is 0 Å². The Morgan fingerprint density at radius 2 is 1.50 bits per heavy atom. The molecular weight excluding hydrogens is 146 g/mol. The van der Waals surface area contributed by atoms with Crippen LogP contribution in [0.15, 0.2) is 0 Å². The van der Waals surface area contributed by atoms with Crippen molar-refractivity contribution in [2.24, 2.45) is 11.8 Å². The molecule has 0 aliphatic rings. The minimum atomic E-state index is 0.680. The van der Waals surface area contributed by atoms with Crippen molar-refractivity contribution in [2.45, 2.75) is 47.1 Å². The maximum atomic E-state index is 2.42. The number of hydrogen-bond acceptors (Lipinski definition) is 1. The van der Waals surface area contributed by atoms with Crippen molar-refractivity contribution in [2.75, 3.05) is 13.6 Å². The molecule has 1 unspecified atom stereocenters. The molecule has 1 nitrogen and oxygen atoms in total. The molecule has 0 rings (SSSR count). The average Bonchev–Trinajstić information content (AvgIpc) is 1.84. The third-order valence-corrected chi connectivity index (χ3v) is 2.35. The van der Waals surface area contributed by atoms with E-state index in [1.807, 2.05) is 0 Å². The van der Waals surface area contributed by atoms with Crippen LogP contribution in [-0.4, -0.2) is 24.5 Å². The van der Waals surface area contributed by atoms with Gasteiger partial charge in [-0.3, -0.25) is 0 Å². The molecule has 0 saturated carbocycles. The Balaban J connectivity index is 3.61. The van der Waals surface area contributed by atoms with E-state index in [4.69, 9.17) is 0 Å². The van der Waals surface area contributed by atoms with Gasteiger partial charge >= 0.3 is 0 Å². The van der Waals surface area contributed by atoms with E-state index in [1.165, 1.54) is 13.0 Å². The van der Waals surface area contributed by atoms with E-state index < -0.39 is 0 Å². The van der Waals surface area contributed by atoms with Crippen LogP contribution in [-0.2, 0) is 0 Å². The van der Waals surface area contributed by atoms with Crippen molar-refractivity contribution in [1.29, 1.82) is 0 Å².